The van der Waals surface area contributed by atoms with E-state index in [2.05, 4.69) is 15.2 Å². The Balaban J connectivity index is 1.25. The van der Waals surface area contributed by atoms with Gasteiger partial charge in [0.05, 0.1) is 18.9 Å². The van der Waals surface area contributed by atoms with E-state index >= 15 is 0 Å². The van der Waals surface area contributed by atoms with Crippen LogP contribution < -0.4 is 15.3 Å². The zero-order valence-electron chi connectivity index (χ0n) is 21.7. The molecule has 0 radical (unpaired) electrons. The van der Waals surface area contributed by atoms with Crippen LogP contribution in [0.1, 0.15) is 25.1 Å². The summed E-state index contributed by atoms with van der Waals surface area (Å²) in [5.74, 6) is -0.437. The predicted molar refractivity (Wildman–Crippen MR) is 138 cm³/mol. The highest BCUT2D eigenvalue weighted by Crippen LogP contribution is 2.68. The van der Waals surface area contributed by atoms with E-state index in [0.29, 0.717) is 24.2 Å². The van der Waals surface area contributed by atoms with Crippen LogP contribution in [0.25, 0.3) is 5.52 Å². The van der Waals surface area contributed by atoms with Crippen molar-refractivity contribution in [3.63, 3.8) is 0 Å². The number of benzene rings is 1. The lowest BCUT2D eigenvalue weighted by molar-refractivity contribution is -0.150. The second-order valence-electron chi connectivity index (χ2n) is 10.0. The molecule has 1 aliphatic carbocycles. The van der Waals surface area contributed by atoms with Crippen LogP contribution in [0.2, 0.25) is 0 Å². The smallest absolute Gasteiger partial charge is 0.459 e. The first kappa shape index (κ1) is 27.6. The van der Waals surface area contributed by atoms with Crippen molar-refractivity contribution in [1.29, 1.82) is 5.26 Å². The molecule has 16 heteroatoms. The fraction of sp³-hybridized carbons (Fsp3) is 0.440. The Morgan fingerprint density at radius 2 is 2.12 bits per heavy atom. The Labute approximate surface area is 233 Å². The van der Waals surface area contributed by atoms with Gasteiger partial charge in [0, 0.05) is 6.42 Å². The number of para-hydroxylation sites is 1. The molecule has 3 aliphatic rings. The molecule has 1 unspecified atom stereocenters. The maximum Gasteiger partial charge on any atom is 0.459 e. The maximum absolute atomic E-state index is 14.1. The molecular weight excluding hydrogens is 559 g/mol. The Morgan fingerprint density at radius 1 is 1.34 bits per heavy atom. The van der Waals surface area contributed by atoms with Gasteiger partial charge in [-0.3, -0.25) is 9.32 Å². The van der Waals surface area contributed by atoms with Gasteiger partial charge in [-0.15, -0.1) is 0 Å². The average molecular weight is 586 g/mol. The average Bonchev–Trinajstić information content (AvgIpc) is 3.47. The van der Waals surface area contributed by atoms with Gasteiger partial charge >= 0.3 is 13.7 Å². The van der Waals surface area contributed by atoms with Crippen molar-refractivity contribution in [2.75, 3.05) is 18.9 Å². The van der Waals surface area contributed by atoms with Crippen LogP contribution in [-0.2, 0) is 28.1 Å². The molecule has 0 bridgehead atoms. The van der Waals surface area contributed by atoms with Crippen molar-refractivity contribution in [3.05, 3.63) is 54.5 Å². The predicted octanol–water partition coefficient (Wildman–Crippen LogP) is 0.633. The summed E-state index contributed by atoms with van der Waals surface area (Å²) in [4.78, 5) is 16.6. The van der Waals surface area contributed by atoms with Crippen LogP contribution in [0.4, 0.5) is 5.82 Å². The summed E-state index contributed by atoms with van der Waals surface area (Å²) in [7, 11) is -4.52. The normalized spacial score (nSPS) is 32.5. The van der Waals surface area contributed by atoms with Crippen molar-refractivity contribution >= 4 is 25.1 Å². The topological polar surface area (TPSA) is 213 Å². The number of aliphatic hydroxyl groups excluding tert-OH is 1. The molecule has 15 nitrogen and oxygen atoms in total. The number of aliphatic hydroxyl groups is 2. The zero-order chi connectivity index (χ0) is 29.0. The lowest BCUT2D eigenvalue weighted by Crippen LogP contribution is -2.39. The minimum atomic E-state index is -4.52. The number of hydrogen-bond acceptors (Lipinski definition) is 13. The van der Waals surface area contributed by atoms with E-state index in [0.717, 1.165) is 0 Å². The van der Waals surface area contributed by atoms with E-state index in [1.165, 1.54) is 29.9 Å². The van der Waals surface area contributed by atoms with E-state index in [9.17, 15) is 24.8 Å². The van der Waals surface area contributed by atoms with E-state index in [-0.39, 0.29) is 18.2 Å². The van der Waals surface area contributed by atoms with Gasteiger partial charge in [0.15, 0.2) is 17.5 Å². The Hall–Kier alpha value is -3.61. The fourth-order valence-corrected chi connectivity index (χ4v) is 6.91. The highest BCUT2D eigenvalue weighted by atomic mass is 31.2. The van der Waals surface area contributed by atoms with Gasteiger partial charge in [-0.2, -0.15) is 15.4 Å². The molecule has 3 fully saturated rings. The lowest BCUT2D eigenvalue weighted by Gasteiger charge is -2.26. The van der Waals surface area contributed by atoms with E-state index in [1.807, 2.05) is 6.07 Å². The summed E-state index contributed by atoms with van der Waals surface area (Å²) in [5.41, 5.74) is 2.19. The van der Waals surface area contributed by atoms with E-state index in [1.54, 1.807) is 30.3 Å². The maximum atomic E-state index is 14.1. The van der Waals surface area contributed by atoms with Gasteiger partial charge in [0.2, 0.25) is 5.60 Å². The number of ether oxygens (including phenoxy) is 3. The molecule has 3 aromatic rings. The van der Waals surface area contributed by atoms with E-state index in [4.69, 9.17) is 29.0 Å². The number of nitrogens with one attached hydrogen (secondary N) is 1. The van der Waals surface area contributed by atoms with Crippen LogP contribution in [0.15, 0.2) is 48.8 Å². The largest absolute Gasteiger partial charge is 0.459 e. The first-order valence-corrected chi connectivity index (χ1v) is 14.3. The van der Waals surface area contributed by atoms with Crippen molar-refractivity contribution in [1.82, 2.24) is 19.7 Å². The third kappa shape index (κ3) is 4.45. The third-order valence-electron chi connectivity index (χ3n) is 7.39. The van der Waals surface area contributed by atoms with Crippen molar-refractivity contribution in [2.24, 2.45) is 0 Å². The van der Waals surface area contributed by atoms with Crippen molar-refractivity contribution in [3.8, 4) is 11.8 Å². The number of carbonyl (C=O) groups is 1. The molecule has 8 atom stereocenters. The Kier molecular flexibility index (Phi) is 6.74. The molecule has 216 valence electrons. The Bertz CT molecular complexity index is 1560. The van der Waals surface area contributed by atoms with Gasteiger partial charge in [0.25, 0.3) is 0 Å². The van der Waals surface area contributed by atoms with Gasteiger partial charge < -0.3 is 34.7 Å². The fourth-order valence-electron chi connectivity index (χ4n) is 5.19. The number of hydrogen-bond donors (Lipinski definition) is 4. The third-order valence-corrected chi connectivity index (χ3v) is 9.03. The summed E-state index contributed by atoms with van der Waals surface area (Å²) in [5, 5.41) is 39.4. The van der Waals surface area contributed by atoms with E-state index < -0.39 is 55.4 Å². The quantitative estimate of drug-likeness (QED) is 0.200. The summed E-state index contributed by atoms with van der Waals surface area (Å²) >= 11 is 0. The number of nitriles is 1. The Morgan fingerprint density at radius 3 is 2.80 bits per heavy atom. The highest BCUT2D eigenvalue weighted by molar-refractivity contribution is 7.52. The molecule has 2 aromatic heterocycles. The molecular formula is C25H27N6O9P. The second kappa shape index (κ2) is 10.0. The number of nitrogen functional groups attached to an aromatic ring is 1. The van der Waals surface area contributed by atoms with Crippen LogP contribution in [0, 0.1) is 11.3 Å². The van der Waals surface area contributed by atoms with Gasteiger partial charge in [-0.05, 0) is 31.2 Å². The minimum absolute atomic E-state index is 0.119. The first-order chi connectivity index (χ1) is 19.6. The number of nitrogens with zero attached hydrogens (tertiary/aromatic N) is 4. The molecule has 2 aliphatic heterocycles. The molecule has 5 N–H and O–H groups in total. The minimum Gasteiger partial charge on any atom is -0.459 e. The number of esters is 1. The molecule has 1 aromatic carbocycles. The van der Waals surface area contributed by atoms with Gasteiger partial charge in [0.1, 0.15) is 48.0 Å². The number of carbonyl (C=O) groups excluding carboxylic acids is 1. The molecule has 41 heavy (non-hydrogen) atoms. The molecule has 4 heterocycles. The molecule has 6 rings (SSSR count). The summed E-state index contributed by atoms with van der Waals surface area (Å²) in [6, 6.07) is 11.8. The SMILES string of the molecule is C[C@H](N[P@@](=O)(Oc1ccccc1)OC1[C@@]2(C#N)O[C@@H](c3ccc4c(N)ncnn34)[C@H](O)[C@@]12O)C(=O)O[C@@H]1CCOC1. The van der Waals surface area contributed by atoms with Crippen molar-refractivity contribution in [2.45, 2.75) is 55.0 Å². The van der Waals surface area contributed by atoms with Gasteiger partial charge in [-0.25, -0.2) is 14.1 Å². The van der Waals surface area contributed by atoms with Crippen molar-refractivity contribution < 1.29 is 42.8 Å². The number of aromatic nitrogens is 3. The molecule has 1 saturated carbocycles. The van der Waals surface area contributed by atoms with Crippen LogP contribution in [-0.4, -0.2) is 79.6 Å². The highest BCUT2D eigenvalue weighted by Gasteiger charge is 2.90. The summed E-state index contributed by atoms with van der Waals surface area (Å²) in [6.45, 7) is 2.11. The molecule has 0 spiro atoms. The monoisotopic (exact) mass is 586 g/mol. The van der Waals surface area contributed by atoms with Crippen LogP contribution >= 0.6 is 7.75 Å². The lowest BCUT2D eigenvalue weighted by atomic mass is 10.0. The van der Waals surface area contributed by atoms with Crippen LogP contribution in [0.3, 0.4) is 0 Å². The number of nitrogens with two attached hydrogens (primary N) is 1. The summed E-state index contributed by atoms with van der Waals surface area (Å²) in [6.07, 6.45) is -3.26. The standard InChI is InChI=1S/C25H27N6O9P/c1-14(22(33)37-16-9-10-36-11-16)30-41(35,39-15-5-3-2-4-6-15)40-23-24(12-26)25(23,34)20(32)19(38-24)17-7-8-18-21(27)28-13-29-31(17)18/h2-8,13-14,16,19-20,23,32,34H,9-11H2,1H3,(H,30,35)(H2,27,28,29)/t14-,16+,19-,20-,23?,24+,25+,41+/m0/s1. The number of anilines is 1. The first-order valence-electron chi connectivity index (χ1n) is 12.8. The number of fused-ring (bicyclic) bond motifs is 2. The summed E-state index contributed by atoms with van der Waals surface area (Å²) < 4.78 is 43.3. The molecule has 2 saturated heterocycles. The van der Waals surface area contributed by atoms with Gasteiger partial charge in [-0.1, -0.05) is 18.2 Å². The zero-order valence-corrected chi connectivity index (χ0v) is 22.6. The van der Waals surface area contributed by atoms with Crippen LogP contribution in [0.5, 0.6) is 5.75 Å². The molecule has 0 amide bonds. The number of rotatable bonds is 9. The second-order valence-corrected chi connectivity index (χ2v) is 11.7.